The molecule has 5 nitrogen and oxygen atoms in total. The van der Waals surface area contributed by atoms with E-state index in [0.29, 0.717) is 13.0 Å². The van der Waals surface area contributed by atoms with Gasteiger partial charge >= 0.3 is 6.18 Å². The van der Waals surface area contributed by atoms with Gasteiger partial charge in [-0.2, -0.15) is 13.2 Å². The van der Waals surface area contributed by atoms with Crippen LogP contribution in [-0.4, -0.2) is 67.6 Å². The molecule has 1 amide bonds. The van der Waals surface area contributed by atoms with Crippen molar-refractivity contribution >= 4 is 5.91 Å². The van der Waals surface area contributed by atoms with Crippen LogP contribution < -0.4 is 5.32 Å². The number of carbonyl (C=O) groups excluding carboxylic acids is 1. The molecule has 122 valence electrons. The summed E-state index contributed by atoms with van der Waals surface area (Å²) in [6.45, 7) is 3.47. The molecular weight excluding hydrogens is 289 g/mol. The van der Waals surface area contributed by atoms with Crippen LogP contribution in [0.1, 0.15) is 20.3 Å². The number of rotatable bonds is 2. The predicted molar refractivity (Wildman–Crippen MR) is 68.8 cm³/mol. The Balaban J connectivity index is 2.08. The molecular formula is C13H21F3N2O3. The summed E-state index contributed by atoms with van der Waals surface area (Å²) < 4.78 is 48.6. The van der Waals surface area contributed by atoms with Crippen molar-refractivity contribution in [3.63, 3.8) is 0 Å². The quantitative estimate of drug-likeness (QED) is 0.824. The largest absolute Gasteiger partial charge is 0.416 e. The SMILES string of the molecule is COC1CNC(C)(C(=O)N2CC(C)OC(C(F)(F)F)C2)C1. The molecule has 21 heavy (non-hydrogen) atoms. The zero-order chi connectivity index (χ0) is 15.8. The first-order chi connectivity index (χ1) is 9.65. The number of nitrogens with one attached hydrogen (secondary N) is 1. The standard InChI is InChI=1S/C13H21F3N2O3/c1-8-6-18(7-10(21-8)13(14,15)16)11(19)12(2)4-9(20-3)5-17-12/h8-10,17H,4-7H2,1-3H3. The average Bonchev–Trinajstić information content (AvgIpc) is 2.79. The van der Waals surface area contributed by atoms with Crippen LogP contribution in [-0.2, 0) is 14.3 Å². The maximum atomic E-state index is 12.8. The van der Waals surface area contributed by atoms with Gasteiger partial charge in [0.1, 0.15) is 0 Å². The van der Waals surface area contributed by atoms with Crippen LogP contribution in [0.25, 0.3) is 0 Å². The Hall–Kier alpha value is -0.860. The summed E-state index contributed by atoms with van der Waals surface area (Å²) in [6, 6.07) is 0. The van der Waals surface area contributed by atoms with Gasteiger partial charge < -0.3 is 19.7 Å². The Kier molecular flexibility index (Phi) is 4.51. The van der Waals surface area contributed by atoms with E-state index in [-0.39, 0.29) is 18.6 Å². The van der Waals surface area contributed by atoms with Crippen molar-refractivity contribution in [3.05, 3.63) is 0 Å². The van der Waals surface area contributed by atoms with E-state index in [9.17, 15) is 18.0 Å². The van der Waals surface area contributed by atoms with Gasteiger partial charge in [0, 0.05) is 26.6 Å². The molecule has 0 saturated carbocycles. The molecule has 0 aliphatic carbocycles. The number of hydrogen-bond donors (Lipinski definition) is 1. The van der Waals surface area contributed by atoms with Crippen LogP contribution in [0.5, 0.6) is 0 Å². The van der Waals surface area contributed by atoms with Gasteiger partial charge in [-0.15, -0.1) is 0 Å². The molecule has 8 heteroatoms. The highest BCUT2D eigenvalue weighted by Crippen LogP contribution is 2.30. The highest BCUT2D eigenvalue weighted by Gasteiger charge is 2.49. The summed E-state index contributed by atoms with van der Waals surface area (Å²) in [6.07, 6.45) is -6.68. The molecule has 2 rings (SSSR count). The average molecular weight is 310 g/mol. The number of nitrogens with zero attached hydrogens (tertiary/aromatic N) is 1. The van der Waals surface area contributed by atoms with Gasteiger partial charge in [-0.25, -0.2) is 0 Å². The minimum Gasteiger partial charge on any atom is -0.380 e. The molecule has 2 saturated heterocycles. The van der Waals surface area contributed by atoms with Gasteiger partial charge in [0.05, 0.1) is 24.3 Å². The van der Waals surface area contributed by atoms with Crippen LogP contribution in [0.4, 0.5) is 13.2 Å². The molecule has 4 atom stereocenters. The lowest BCUT2D eigenvalue weighted by Gasteiger charge is -2.40. The van der Waals surface area contributed by atoms with Gasteiger partial charge in [-0.1, -0.05) is 0 Å². The normalized spacial score (nSPS) is 37.8. The molecule has 0 aromatic rings. The van der Waals surface area contributed by atoms with Crippen molar-refractivity contribution in [1.29, 1.82) is 0 Å². The number of morpholine rings is 1. The first kappa shape index (κ1) is 16.5. The molecule has 0 bridgehead atoms. The molecule has 2 aliphatic rings. The second-order valence-electron chi connectivity index (χ2n) is 5.96. The van der Waals surface area contributed by atoms with E-state index in [1.807, 2.05) is 0 Å². The van der Waals surface area contributed by atoms with Gasteiger partial charge in [0.2, 0.25) is 5.91 Å². The lowest BCUT2D eigenvalue weighted by Crippen LogP contribution is -2.60. The van der Waals surface area contributed by atoms with Crippen molar-refractivity contribution < 1.29 is 27.4 Å². The number of hydrogen-bond acceptors (Lipinski definition) is 4. The van der Waals surface area contributed by atoms with Crippen LogP contribution >= 0.6 is 0 Å². The van der Waals surface area contributed by atoms with E-state index in [0.717, 1.165) is 0 Å². The maximum absolute atomic E-state index is 12.8. The summed E-state index contributed by atoms with van der Waals surface area (Å²) in [7, 11) is 1.55. The fourth-order valence-electron chi connectivity index (χ4n) is 2.92. The Morgan fingerprint density at radius 1 is 1.43 bits per heavy atom. The zero-order valence-electron chi connectivity index (χ0n) is 12.4. The lowest BCUT2D eigenvalue weighted by molar-refractivity contribution is -0.250. The molecule has 2 fully saturated rings. The Morgan fingerprint density at radius 2 is 2.10 bits per heavy atom. The predicted octanol–water partition coefficient (Wildman–Crippen LogP) is 0.932. The van der Waals surface area contributed by atoms with Gasteiger partial charge in [0.15, 0.2) is 6.10 Å². The molecule has 2 heterocycles. The number of carbonyl (C=O) groups is 1. The van der Waals surface area contributed by atoms with Gasteiger partial charge in [-0.3, -0.25) is 4.79 Å². The molecule has 0 aromatic carbocycles. The summed E-state index contributed by atoms with van der Waals surface area (Å²) in [5, 5.41) is 3.06. The first-order valence-electron chi connectivity index (χ1n) is 6.95. The van der Waals surface area contributed by atoms with E-state index in [1.165, 1.54) is 4.90 Å². The zero-order valence-corrected chi connectivity index (χ0v) is 12.4. The van der Waals surface area contributed by atoms with Crippen molar-refractivity contribution in [2.24, 2.45) is 0 Å². The summed E-state index contributed by atoms with van der Waals surface area (Å²) in [4.78, 5) is 13.8. The molecule has 0 radical (unpaired) electrons. The number of ether oxygens (including phenoxy) is 2. The van der Waals surface area contributed by atoms with E-state index < -0.39 is 30.5 Å². The molecule has 0 spiro atoms. The van der Waals surface area contributed by atoms with E-state index in [1.54, 1.807) is 21.0 Å². The fraction of sp³-hybridized carbons (Fsp3) is 0.923. The highest BCUT2D eigenvalue weighted by atomic mass is 19.4. The van der Waals surface area contributed by atoms with E-state index in [4.69, 9.17) is 9.47 Å². The Bertz CT molecular complexity index is 405. The van der Waals surface area contributed by atoms with Crippen LogP contribution in [0.15, 0.2) is 0 Å². The lowest BCUT2D eigenvalue weighted by atomic mass is 9.96. The minimum absolute atomic E-state index is 0.101. The van der Waals surface area contributed by atoms with Crippen molar-refractivity contribution in [3.8, 4) is 0 Å². The first-order valence-corrected chi connectivity index (χ1v) is 6.95. The maximum Gasteiger partial charge on any atom is 0.416 e. The third-order valence-corrected chi connectivity index (χ3v) is 4.07. The van der Waals surface area contributed by atoms with E-state index >= 15 is 0 Å². The van der Waals surface area contributed by atoms with Gasteiger partial charge in [0.25, 0.3) is 0 Å². The van der Waals surface area contributed by atoms with E-state index in [2.05, 4.69) is 5.32 Å². The van der Waals surface area contributed by atoms with Crippen LogP contribution in [0.3, 0.4) is 0 Å². The molecule has 2 aliphatic heterocycles. The second kappa shape index (κ2) is 5.73. The van der Waals surface area contributed by atoms with Crippen LogP contribution in [0.2, 0.25) is 0 Å². The Morgan fingerprint density at radius 3 is 2.62 bits per heavy atom. The summed E-state index contributed by atoms with van der Waals surface area (Å²) in [5.41, 5.74) is -0.881. The summed E-state index contributed by atoms with van der Waals surface area (Å²) in [5.74, 6) is -0.327. The van der Waals surface area contributed by atoms with Crippen molar-refractivity contribution in [2.45, 2.75) is 50.3 Å². The van der Waals surface area contributed by atoms with Gasteiger partial charge in [-0.05, 0) is 13.8 Å². The number of amides is 1. The highest BCUT2D eigenvalue weighted by molar-refractivity contribution is 5.86. The number of methoxy groups -OCH3 is 1. The van der Waals surface area contributed by atoms with Crippen molar-refractivity contribution in [1.82, 2.24) is 10.2 Å². The molecule has 0 aromatic heterocycles. The topological polar surface area (TPSA) is 50.8 Å². The smallest absolute Gasteiger partial charge is 0.380 e. The molecule has 1 N–H and O–H groups in total. The Labute approximate surface area is 121 Å². The third-order valence-electron chi connectivity index (χ3n) is 4.07. The van der Waals surface area contributed by atoms with Crippen molar-refractivity contribution in [2.75, 3.05) is 26.7 Å². The van der Waals surface area contributed by atoms with Crippen LogP contribution in [0, 0.1) is 0 Å². The number of alkyl halides is 3. The monoisotopic (exact) mass is 310 g/mol. The number of halogens is 3. The minimum atomic E-state index is -4.47. The second-order valence-corrected chi connectivity index (χ2v) is 5.96. The summed E-state index contributed by atoms with van der Waals surface area (Å²) >= 11 is 0. The molecule has 4 unspecified atom stereocenters. The third kappa shape index (κ3) is 3.49. The fourth-order valence-corrected chi connectivity index (χ4v) is 2.92.